The molecule has 35 heavy (non-hydrogen) atoms. The average Bonchev–Trinajstić information content (AvgIpc) is 3.48. The van der Waals surface area contributed by atoms with Gasteiger partial charge >= 0.3 is 0 Å². The number of sulfone groups is 1. The minimum atomic E-state index is -3.56. The number of nitrogens with zero attached hydrogens (tertiary/aromatic N) is 6. The number of nitrogens with two attached hydrogens (primary N) is 1. The van der Waals surface area contributed by atoms with E-state index >= 15 is 0 Å². The monoisotopic (exact) mass is 492 g/mol. The van der Waals surface area contributed by atoms with Crippen molar-refractivity contribution in [2.75, 3.05) is 42.7 Å². The van der Waals surface area contributed by atoms with Crippen molar-refractivity contribution < 1.29 is 13.2 Å². The number of nitrogens with one attached hydrogen (secondary N) is 1. The Morgan fingerprint density at radius 3 is 2.77 bits per heavy atom. The number of hydrogen-bond acceptors (Lipinski definition) is 9. The molecule has 1 fully saturated rings. The number of nitriles is 1. The van der Waals surface area contributed by atoms with E-state index in [1.54, 1.807) is 6.07 Å². The number of nitrogen functional groups attached to an aromatic ring is 1. The lowest BCUT2D eigenvalue weighted by Crippen LogP contribution is -2.37. The summed E-state index contributed by atoms with van der Waals surface area (Å²) < 4.78 is 32.8. The van der Waals surface area contributed by atoms with E-state index in [-0.39, 0.29) is 29.4 Å². The normalized spacial score (nSPS) is 14.3. The fraction of sp³-hybridized carbons (Fsp3) is 0.304. The Hall–Kier alpha value is -3.95. The van der Waals surface area contributed by atoms with E-state index in [0.717, 1.165) is 16.5 Å². The molecule has 3 N–H and O–H groups in total. The molecule has 4 heterocycles. The number of anilines is 2. The maximum absolute atomic E-state index is 13.0. The Balaban J connectivity index is 1.44. The molecule has 0 atom stereocenters. The van der Waals surface area contributed by atoms with E-state index in [2.05, 4.69) is 20.0 Å². The number of benzene rings is 1. The summed E-state index contributed by atoms with van der Waals surface area (Å²) in [4.78, 5) is 14.6. The van der Waals surface area contributed by atoms with Gasteiger partial charge in [0.2, 0.25) is 0 Å². The van der Waals surface area contributed by atoms with Crippen LogP contribution in [-0.4, -0.2) is 65.2 Å². The van der Waals surface area contributed by atoms with Gasteiger partial charge in [0.05, 0.1) is 43.2 Å². The van der Waals surface area contributed by atoms with Crippen molar-refractivity contribution in [3.63, 3.8) is 0 Å². The Bertz CT molecular complexity index is 1510. The van der Waals surface area contributed by atoms with Crippen LogP contribution in [0.4, 0.5) is 11.6 Å². The second-order valence-electron chi connectivity index (χ2n) is 8.29. The van der Waals surface area contributed by atoms with Crippen LogP contribution in [0.1, 0.15) is 11.3 Å². The number of H-pyrrole nitrogens is 1. The first-order valence-corrected chi connectivity index (χ1v) is 12.9. The Morgan fingerprint density at radius 2 is 2.00 bits per heavy atom. The predicted molar refractivity (Wildman–Crippen MR) is 131 cm³/mol. The van der Waals surface area contributed by atoms with Gasteiger partial charge in [0.15, 0.2) is 15.7 Å². The van der Waals surface area contributed by atoms with Gasteiger partial charge in [-0.25, -0.2) is 23.1 Å². The van der Waals surface area contributed by atoms with Crippen LogP contribution in [0.15, 0.2) is 42.7 Å². The summed E-state index contributed by atoms with van der Waals surface area (Å²) >= 11 is 0. The second-order valence-corrected chi connectivity index (χ2v) is 10.5. The van der Waals surface area contributed by atoms with E-state index < -0.39 is 9.84 Å². The minimum absolute atomic E-state index is 0.0499. The minimum Gasteiger partial charge on any atom is -0.383 e. The third-order valence-electron chi connectivity index (χ3n) is 5.89. The highest BCUT2D eigenvalue weighted by molar-refractivity contribution is 7.90. The highest BCUT2D eigenvalue weighted by Gasteiger charge is 2.20. The van der Waals surface area contributed by atoms with Gasteiger partial charge in [-0.05, 0) is 24.3 Å². The van der Waals surface area contributed by atoms with E-state index in [4.69, 9.17) is 20.7 Å². The first-order chi connectivity index (χ1) is 16.9. The third kappa shape index (κ3) is 4.96. The molecular weight excluding hydrogens is 468 g/mol. The number of aromatic amines is 1. The lowest BCUT2D eigenvalue weighted by molar-refractivity contribution is 0.122. The second kappa shape index (κ2) is 9.36. The highest BCUT2D eigenvalue weighted by atomic mass is 32.2. The first-order valence-electron chi connectivity index (χ1n) is 11.1. The van der Waals surface area contributed by atoms with Crippen LogP contribution in [0.2, 0.25) is 0 Å². The molecule has 1 aliphatic rings. The zero-order valence-corrected chi connectivity index (χ0v) is 19.7. The third-order valence-corrected chi connectivity index (χ3v) is 7.44. The van der Waals surface area contributed by atoms with Gasteiger partial charge in [-0.3, -0.25) is 0 Å². The SMILES string of the molecule is N#Cc1cnn(CCS(=O)(=O)Cc2cc(N3CCOCC3)nc(-c3ccc4[nH]ccc4c3)n2)c1N. The molecule has 1 aliphatic heterocycles. The Kier molecular flexibility index (Phi) is 6.10. The number of aromatic nitrogens is 5. The van der Waals surface area contributed by atoms with Gasteiger partial charge < -0.3 is 20.4 Å². The van der Waals surface area contributed by atoms with Crippen LogP contribution in [0.25, 0.3) is 22.3 Å². The Labute approximate surface area is 202 Å². The molecule has 0 unspecified atom stereocenters. The van der Waals surface area contributed by atoms with E-state index in [9.17, 15) is 8.42 Å². The molecule has 1 saturated heterocycles. The van der Waals surface area contributed by atoms with Gasteiger partial charge in [0, 0.05) is 41.8 Å². The topological polar surface area (TPSA) is 156 Å². The fourth-order valence-electron chi connectivity index (χ4n) is 4.02. The maximum Gasteiger partial charge on any atom is 0.161 e. The number of ether oxygens (including phenoxy) is 1. The molecule has 0 aliphatic carbocycles. The van der Waals surface area contributed by atoms with Crippen molar-refractivity contribution in [3.05, 3.63) is 54.0 Å². The van der Waals surface area contributed by atoms with Crippen LogP contribution < -0.4 is 10.6 Å². The molecular formula is C23H24N8O3S. The van der Waals surface area contributed by atoms with Crippen LogP contribution in [-0.2, 0) is 26.9 Å². The standard InChI is InChI=1S/C23H24N8O3S/c24-13-18-14-27-31(22(18)25)7-10-35(32,33)15-19-12-21(30-5-8-34-9-6-30)29-23(28-19)17-1-2-20-16(11-17)3-4-26-20/h1-4,11-12,14,26H,5-10,15,25H2. The van der Waals surface area contributed by atoms with Crippen molar-refractivity contribution in [2.24, 2.45) is 0 Å². The molecule has 0 radical (unpaired) electrons. The van der Waals surface area contributed by atoms with Gasteiger partial charge in [0.25, 0.3) is 0 Å². The summed E-state index contributed by atoms with van der Waals surface area (Å²) in [5.74, 6) is 0.857. The molecule has 0 spiro atoms. The lowest BCUT2D eigenvalue weighted by atomic mass is 10.1. The van der Waals surface area contributed by atoms with Crippen molar-refractivity contribution in [2.45, 2.75) is 12.3 Å². The van der Waals surface area contributed by atoms with Crippen molar-refractivity contribution >= 4 is 32.4 Å². The largest absolute Gasteiger partial charge is 0.383 e. The molecule has 0 amide bonds. The highest BCUT2D eigenvalue weighted by Crippen LogP contribution is 2.25. The van der Waals surface area contributed by atoms with Crippen LogP contribution in [0, 0.1) is 11.3 Å². The number of rotatable bonds is 7. The fourth-order valence-corrected chi connectivity index (χ4v) is 5.21. The van der Waals surface area contributed by atoms with Gasteiger partial charge in [0.1, 0.15) is 23.3 Å². The molecule has 0 bridgehead atoms. The first kappa shape index (κ1) is 22.8. The number of fused-ring (bicyclic) bond motifs is 1. The molecule has 11 nitrogen and oxygen atoms in total. The molecule has 4 aromatic rings. The van der Waals surface area contributed by atoms with E-state index in [1.807, 2.05) is 36.5 Å². The van der Waals surface area contributed by atoms with Crippen molar-refractivity contribution in [1.82, 2.24) is 24.7 Å². The quantitative estimate of drug-likeness (QED) is 0.392. The molecule has 1 aromatic carbocycles. The van der Waals surface area contributed by atoms with Crippen molar-refractivity contribution in [1.29, 1.82) is 5.26 Å². The predicted octanol–water partition coefficient (Wildman–Crippen LogP) is 1.73. The number of aryl methyl sites for hydroxylation is 1. The molecule has 180 valence electrons. The Morgan fingerprint density at radius 1 is 1.17 bits per heavy atom. The van der Waals surface area contributed by atoms with E-state index in [1.165, 1.54) is 10.9 Å². The summed E-state index contributed by atoms with van der Waals surface area (Å²) in [6.45, 7) is 2.54. The summed E-state index contributed by atoms with van der Waals surface area (Å²) in [7, 11) is -3.56. The van der Waals surface area contributed by atoms with Gasteiger partial charge in [-0.2, -0.15) is 10.4 Å². The summed E-state index contributed by atoms with van der Waals surface area (Å²) in [5, 5.41) is 14.0. The molecule has 5 rings (SSSR count). The maximum atomic E-state index is 13.0. The molecule has 3 aromatic heterocycles. The number of hydrogen-bond donors (Lipinski definition) is 2. The summed E-state index contributed by atoms with van der Waals surface area (Å²) in [5.41, 5.74) is 8.30. The van der Waals surface area contributed by atoms with Gasteiger partial charge in [-0.15, -0.1) is 0 Å². The van der Waals surface area contributed by atoms with Crippen LogP contribution >= 0.6 is 0 Å². The summed E-state index contributed by atoms with van der Waals surface area (Å²) in [6, 6.07) is 11.5. The molecule has 12 heteroatoms. The van der Waals surface area contributed by atoms with Crippen LogP contribution in [0.5, 0.6) is 0 Å². The summed E-state index contributed by atoms with van der Waals surface area (Å²) in [6.07, 6.45) is 3.19. The smallest absolute Gasteiger partial charge is 0.161 e. The lowest BCUT2D eigenvalue weighted by Gasteiger charge is -2.28. The van der Waals surface area contributed by atoms with Gasteiger partial charge in [-0.1, -0.05) is 0 Å². The average molecular weight is 493 g/mol. The number of morpholine rings is 1. The molecule has 0 saturated carbocycles. The van der Waals surface area contributed by atoms with E-state index in [0.29, 0.717) is 43.6 Å². The zero-order chi connectivity index (χ0) is 24.4. The van der Waals surface area contributed by atoms with Crippen molar-refractivity contribution in [3.8, 4) is 17.5 Å². The van der Waals surface area contributed by atoms with Crippen LogP contribution in [0.3, 0.4) is 0 Å². The zero-order valence-electron chi connectivity index (χ0n) is 18.9.